The monoisotopic (exact) mass is 444 g/mol. The molecule has 0 spiro atoms. The molecular formula is C25H29ClO5. The Balaban J connectivity index is 1.67. The largest absolute Gasteiger partial charge is 0.492 e. The van der Waals surface area contributed by atoms with Gasteiger partial charge in [-0.05, 0) is 63.3 Å². The van der Waals surface area contributed by atoms with E-state index in [0.717, 1.165) is 17.7 Å². The van der Waals surface area contributed by atoms with Crippen LogP contribution in [0.5, 0.6) is 5.75 Å². The molecule has 1 heterocycles. The van der Waals surface area contributed by atoms with E-state index in [1.165, 1.54) is 5.57 Å². The van der Waals surface area contributed by atoms with Crippen LogP contribution < -0.4 is 4.74 Å². The van der Waals surface area contributed by atoms with Crippen LogP contribution in [0, 0.1) is 11.8 Å². The fourth-order valence-corrected chi connectivity index (χ4v) is 3.90. The van der Waals surface area contributed by atoms with E-state index in [2.05, 4.69) is 6.92 Å². The molecule has 31 heavy (non-hydrogen) atoms. The van der Waals surface area contributed by atoms with Gasteiger partial charge in [-0.15, -0.1) is 11.6 Å². The van der Waals surface area contributed by atoms with Crippen molar-refractivity contribution in [3.8, 4) is 5.75 Å². The second-order valence-electron chi connectivity index (χ2n) is 7.85. The second kappa shape index (κ2) is 11.2. The van der Waals surface area contributed by atoms with E-state index < -0.39 is 5.92 Å². The maximum Gasteiger partial charge on any atom is 0.338 e. The first-order valence-electron chi connectivity index (χ1n) is 10.7. The van der Waals surface area contributed by atoms with Gasteiger partial charge in [0.15, 0.2) is 0 Å². The van der Waals surface area contributed by atoms with Gasteiger partial charge in [-0.1, -0.05) is 29.9 Å². The number of allylic oxidation sites excluding steroid dienone is 4. The third kappa shape index (κ3) is 6.47. The van der Waals surface area contributed by atoms with Crippen LogP contribution in [0.4, 0.5) is 0 Å². The molecule has 0 N–H and O–H groups in total. The SMILES string of the molecule is CCOC(=O)C(CCc1ccc(OCCCl)cc1)CC1=CC2CC(C)=CC=C2OC1=O. The number of carbonyl (C=O) groups is 2. The molecule has 0 saturated carbocycles. The molecule has 0 radical (unpaired) electrons. The van der Waals surface area contributed by atoms with E-state index in [1.807, 2.05) is 42.5 Å². The normalized spacial score (nSPS) is 18.7. The van der Waals surface area contributed by atoms with Gasteiger partial charge < -0.3 is 14.2 Å². The summed E-state index contributed by atoms with van der Waals surface area (Å²) in [6, 6.07) is 7.76. The highest BCUT2D eigenvalue weighted by molar-refractivity contribution is 6.18. The van der Waals surface area contributed by atoms with Gasteiger partial charge in [0.2, 0.25) is 0 Å². The first-order chi connectivity index (χ1) is 15.0. The first kappa shape index (κ1) is 23.1. The van der Waals surface area contributed by atoms with Crippen molar-refractivity contribution in [3.63, 3.8) is 0 Å². The molecule has 2 atom stereocenters. The molecule has 1 aromatic rings. The average molecular weight is 445 g/mol. The molecule has 6 heteroatoms. The zero-order chi connectivity index (χ0) is 22.2. The minimum atomic E-state index is -0.406. The number of halogens is 1. The number of fused-ring (bicyclic) bond motifs is 1. The summed E-state index contributed by atoms with van der Waals surface area (Å²) in [5.74, 6) is 0.892. The van der Waals surface area contributed by atoms with Crippen molar-refractivity contribution in [2.75, 3.05) is 19.1 Å². The van der Waals surface area contributed by atoms with Gasteiger partial charge in [0.25, 0.3) is 0 Å². The topological polar surface area (TPSA) is 61.8 Å². The summed E-state index contributed by atoms with van der Waals surface area (Å²) in [6.45, 7) is 4.62. The highest BCUT2D eigenvalue weighted by Crippen LogP contribution is 2.34. The molecular weight excluding hydrogens is 416 g/mol. The molecule has 0 bridgehead atoms. The maximum absolute atomic E-state index is 12.6. The van der Waals surface area contributed by atoms with E-state index in [9.17, 15) is 9.59 Å². The van der Waals surface area contributed by atoms with Gasteiger partial charge in [0.05, 0.1) is 18.4 Å². The number of hydrogen-bond acceptors (Lipinski definition) is 5. The lowest BCUT2D eigenvalue weighted by Gasteiger charge is -2.27. The number of alkyl halides is 1. The summed E-state index contributed by atoms with van der Waals surface area (Å²) in [5.41, 5.74) is 2.88. The van der Waals surface area contributed by atoms with E-state index in [0.29, 0.717) is 49.7 Å². The maximum atomic E-state index is 12.6. The minimum Gasteiger partial charge on any atom is -0.492 e. The molecule has 1 aliphatic heterocycles. The molecule has 0 aromatic heterocycles. The number of hydrogen-bond donors (Lipinski definition) is 0. The van der Waals surface area contributed by atoms with Crippen molar-refractivity contribution in [3.05, 3.63) is 65.0 Å². The molecule has 166 valence electrons. The lowest BCUT2D eigenvalue weighted by Crippen LogP contribution is -2.26. The van der Waals surface area contributed by atoms with Crippen molar-refractivity contribution in [2.45, 2.75) is 39.5 Å². The van der Waals surface area contributed by atoms with Crippen molar-refractivity contribution in [2.24, 2.45) is 11.8 Å². The van der Waals surface area contributed by atoms with Gasteiger partial charge in [0.1, 0.15) is 18.1 Å². The Hall–Kier alpha value is -2.53. The summed E-state index contributed by atoms with van der Waals surface area (Å²) in [7, 11) is 0. The summed E-state index contributed by atoms with van der Waals surface area (Å²) in [6.07, 6.45) is 8.22. The summed E-state index contributed by atoms with van der Waals surface area (Å²) < 4.78 is 16.3. The van der Waals surface area contributed by atoms with Crippen LogP contribution in [0.15, 0.2) is 59.4 Å². The lowest BCUT2D eigenvalue weighted by molar-refractivity contribution is -0.148. The van der Waals surface area contributed by atoms with Gasteiger partial charge in [-0.3, -0.25) is 4.79 Å². The Kier molecular flexibility index (Phi) is 8.35. The number of carbonyl (C=O) groups excluding carboxylic acids is 2. The van der Waals surface area contributed by atoms with Crippen LogP contribution in [0.25, 0.3) is 0 Å². The number of esters is 2. The fourth-order valence-electron chi connectivity index (χ4n) is 3.83. The number of ether oxygens (including phenoxy) is 3. The molecule has 2 unspecified atom stereocenters. The molecule has 5 nitrogen and oxygen atoms in total. The summed E-state index contributed by atoms with van der Waals surface area (Å²) in [4.78, 5) is 25.1. The van der Waals surface area contributed by atoms with Crippen LogP contribution in [0.2, 0.25) is 0 Å². The highest BCUT2D eigenvalue weighted by atomic mass is 35.5. The molecule has 0 fully saturated rings. The van der Waals surface area contributed by atoms with E-state index >= 15 is 0 Å². The van der Waals surface area contributed by atoms with Gasteiger partial charge in [0, 0.05) is 11.5 Å². The third-order valence-corrected chi connectivity index (χ3v) is 5.61. The lowest BCUT2D eigenvalue weighted by atomic mass is 9.86. The first-order valence-corrected chi connectivity index (χ1v) is 11.3. The van der Waals surface area contributed by atoms with E-state index in [4.69, 9.17) is 25.8 Å². The number of benzene rings is 1. The second-order valence-corrected chi connectivity index (χ2v) is 8.23. The van der Waals surface area contributed by atoms with E-state index in [-0.39, 0.29) is 17.9 Å². The Labute approximate surface area is 188 Å². The molecule has 0 saturated heterocycles. The Bertz CT molecular complexity index is 882. The molecule has 3 rings (SSSR count). The Morgan fingerprint density at radius 3 is 2.74 bits per heavy atom. The average Bonchev–Trinajstić information content (AvgIpc) is 2.76. The van der Waals surface area contributed by atoms with Crippen LogP contribution in [0.3, 0.4) is 0 Å². The molecule has 1 aromatic carbocycles. The van der Waals surface area contributed by atoms with Crippen LogP contribution in [-0.2, 0) is 25.5 Å². The Morgan fingerprint density at radius 2 is 2.03 bits per heavy atom. The van der Waals surface area contributed by atoms with Crippen molar-refractivity contribution in [1.82, 2.24) is 0 Å². The molecule has 1 aliphatic carbocycles. The summed E-state index contributed by atoms with van der Waals surface area (Å²) in [5, 5.41) is 0. The number of aryl methyl sites for hydroxylation is 1. The molecule has 2 aliphatic rings. The van der Waals surface area contributed by atoms with Crippen molar-refractivity contribution in [1.29, 1.82) is 0 Å². The smallest absolute Gasteiger partial charge is 0.338 e. The predicted molar refractivity (Wildman–Crippen MR) is 120 cm³/mol. The minimum absolute atomic E-state index is 0.0566. The van der Waals surface area contributed by atoms with E-state index in [1.54, 1.807) is 6.92 Å². The quantitative estimate of drug-likeness (QED) is 0.369. The zero-order valence-corrected chi connectivity index (χ0v) is 18.8. The van der Waals surface area contributed by atoms with Crippen LogP contribution >= 0.6 is 11.6 Å². The standard InChI is InChI=1S/C25H29ClO5/c1-3-29-24(27)19(8-5-18-6-9-22(10-7-18)30-13-12-26)15-21-16-20-14-17(2)4-11-23(20)31-25(21)28/h4,6-7,9-11,16,19-20H,3,5,8,12-15H2,1-2H3. The van der Waals surface area contributed by atoms with Crippen LogP contribution in [-0.4, -0.2) is 31.0 Å². The summed E-state index contributed by atoms with van der Waals surface area (Å²) >= 11 is 5.65. The molecule has 0 amide bonds. The van der Waals surface area contributed by atoms with Gasteiger partial charge in [-0.25, -0.2) is 4.79 Å². The third-order valence-electron chi connectivity index (χ3n) is 5.45. The Morgan fingerprint density at radius 1 is 1.26 bits per heavy atom. The predicted octanol–water partition coefficient (Wildman–Crippen LogP) is 5.14. The highest BCUT2D eigenvalue weighted by Gasteiger charge is 2.31. The van der Waals surface area contributed by atoms with Gasteiger partial charge in [-0.2, -0.15) is 0 Å². The fraction of sp³-hybridized carbons (Fsp3) is 0.440. The van der Waals surface area contributed by atoms with Crippen molar-refractivity contribution < 1.29 is 23.8 Å². The van der Waals surface area contributed by atoms with Gasteiger partial charge >= 0.3 is 11.9 Å². The number of rotatable bonds is 10. The van der Waals surface area contributed by atoms with Crippen LogP contribution in [0.1, 0.15) is 38.7 Å². The zero-order valence-electron chi connectivity index (χ0n) is 18.1. The van der Waals surface area contributed by atoms with Crippen molar-refractivity contribution >= 4 is 23.5 Å².